The van der Waals surface area contributed by atoms with Gasteiger partial charge < -0.3 is 10.0 Å². The van der Waals surface area contributed by atoms with Crippen molar-refractivity contribution in [2.45, 2.75) is 6.42 Å². The lowest BCUT2D eigenvalue weighted by molar-refractivity contribution is -0.152. The number of carbonyl (C=O) groups is 2. The number of aliphatic carboxylic acids is 1. The number of nitrogens with one attached hydrogen (secondary N) is 1. The zero-order valence-electron chi connectivity index (χ0n) is 8.01. The second kappa shape index (κ2) is 3.72. The minimum absolute atomic E-state index is 0.0586. The number of likely N-dealkylation sites (tertiary alicyclic amines) is 1. The van der Waals surface area contributed by atoms with Gasteiger partial charge >= 0.3 is 5.97 Å². The Bertz CT molecular complexity index is 368. The van der Waals surface area contributed by atoms with Crippen molar-refractivity contribution in [3.05, 3.63) is 18.0 Å². The molecule has 1 aliphatic heterocycles. The van der Waals surface area contributed by atoms with Crippen molar-refractivity contribution in [3.8, 4) is 0 Å². The summed E-state index contributed by atoms with van der Waals surface area (Å²) in [5.74, 6) is -1.28. The molecule has 0 atom stereocenters. The molecule has 1 aliphatic rings. The third-order valence-electron chi connectivity index (χ3n) is 2.48. The lowest BCUT2D eigenvalue weighted by Crippen LogP contribution is -2.53. The monoisotopic (exact) mass is 209 g/mol. The fourth-order valence-corrected chi connectivity index (χ4v) is 1.50. The van der Waals surface area contributed by atoms with E-state index in [0.717, 1.165) is 5.69 Å². The van der Waals surface area contributed by atoms with Gasteiger partial charge in [-0.05, 0) is 6.07 Å². The lowest BCUT2D eigenvalue weighted by Gasteiger charge is -2.36. The van der Waals surface area contributed by atoms with Crippen molar-refractivity contribution in [2.75, 3.05) is 13.1 Å². The second-order valence-electron chi connectivity index (χ2n) is 3.59. The summed E-state index contributed by atoms with van der Waals surface area (Å²) in [6.45, 7) is 0.643. The van der Waals surface area contributed by atoms with Crippen molar-refractivity contribution in [1.82, 2.24) is 15.1 Å². The van der Waals surface area contributed by atoms with Gasteiger partial charge in [0.25, 0.3) is 0 Å². The Balaban J connectivity index is 1.82. The Kier molecular flexibility index (Phi) is 2.40. The maximum Gasteiger partial charge on any atom is 0.310 e. The number of carboxylic acids is 1. The average Bonchev–Trinajstić information content (AvgIpc) is 2.52. The zero-order chi connectivity index (χ0) is 10.8. The molecule has 2 rings (SSSR count). The van der Waals surface area contributed by atoms with Gasteiger partial charge in [-0.2, -0.15) is 5.10 Å². The van der Waals surface area contributed by atoms with E-state index in [1.165, 1.54) is 0 Å². The van der Waals surface area contributed by atoms with Crippen LogP contribution in [0.2, 0.25) is 0 Å². The Morgan fingerprint density at radius 2 is 2.33 bits per heavy atom. The first-order valence-electron chi connectivity index (χ1n) is 4.65. The molecule has 2 N–H and O–H groups in total. The van der Waals surface area contributed by atoms with E-state index in [9.17, 15) is 9.59 Å². The molecule has 2 heterocycles. The summed E-state index contributed by atoms with van der Waals surface area (Å²) in [4.78, 5) is 23.6. The van der Waals surface area contributed by atoms with Gasteiger partial charge in [0, 0.05) is 25.0 Å². The molecule has 6 nitrogen and oxygen atoms in total. The molecular formula is C9H11N3O3. The number of nitrogens with zero attached hydrogens (tertiary/aromatic N) is 2. The molecule has 1 aromatic heterocycles. The number of aromatic nitrogens is 2. The number of rotatable bonds is 3. The number of amides is 1. The lowest BCUT2D eigenvalue weighted by atomic mass is 10.00. The first-order valence-corrected chi connectivity index (χ1v) is 4.65. The summed E-state index contributed by atoms with van der Waals surface area (Å²) >= 11 is 0. The van der Waals surface area contributed by atoms with E-state index in [-0.39, 0.29) is 12.3 Å². The molecule has 0 aliphatic carbocycles. The maximum atomic E-state index is 11.5. The van der Waals surface area contributed by atoms with Crippen molar-refractivity contribution < 1.29 is 14.7 Å². The fourth-order valence-electron chi connectivity index (χ4n) is 1.50. The molecule has 1 fully saturated rings. The van der Waals surface area contributed by atoms with Crippen LogP contribution >= 0.6 is 0 Å². The molecule has 0 saturated carbocycles. The smallest absolute Gasteiger partial charge is 0.310 e. The van der Waals surface area contributed by atoms with E-state index in [1.807, 2.05) is 0 Å². The van der Waals surface area contributed by atoms with Crippen LogP contribution in [-0.2, 0) is 16.0 Å². The van der Waals surface area contributed by atoms with Gasteiger partial charge in [0.15, 0.2) is 0 Å². The molecule has 1 saturated heterocycles. The number of H-pyrrole nitrogens is 1. The van der Waals surface area contributed by atoms with E-state index in [0.29, 0.717) is 13.1 Å². The van der Waals surface area contributed by atoms with Crippen LogP contribution < -0.4 is 0 Å². The summed E-state index contributed by atoms with van der Waals surface area (Å²) < 4.78 is 0. The van der Waals surface area contributed by atoms with Gasteiger partial charge in [0.1, 0.15) is 0 Å². The van der Waals surface area contributed by atoms with Crippen molar-refractivity contribution in [1.29, 1.82) is 0 Å². The van der Waals surface area contributed by atoms with Crippen molar-refractivity contribution in [2.24, 2.45) is 5.92 Å². The van der Waals surface area contributed by atoms with Crippen LogP contribution in [0.5, 0.6) is 0 Å². The predicted molar refractivity (Wildman–Crippen MR) is 50.0 cm³/mol. The molecule has 0 bridgehead atoms. The number of hydrogen-bond acceptors (Lipinski definition) is 3. The molecule has 1 aromatic rings. The number of carbonyl (C=O) groups excluding carboxylic acids is 1. The minimum atomic E-state index is -0.833. The van der Waals surface area contributed by atoms with E-state index in [2.05, 4.69) is 10.2 Å². The summed E-state index contributed by atoms with van der Waals surface area (Å²) in [7, 11) is 0. The van der Waals surface area contributed by atoms with Gasteiger partial charge in [-0.1, -0.05) is 0 Å². The van der Waals surface area contributed by atoms with Crippen LogP contribution in [0.3, 0.4) is 0 Å². The highest BCUT2D eigenvalue weighted by molar-refractivity contribution is 5.82. The summed E-state index contributed by atoms with van der Waals surface area (Å²) in [6.07, 6.45) is 1.84. The van der Waals surface area contributed by atoms with E-state index >= 15 is 0 Å². The third-order valence-corrected chi connectivity index (χ3v) is 2.48. The number of carboxylic acid groups (broad SMARTS) is 1. The molecule has 1 amide bonds. The standard InChI is InChI=1S/C9H11N3O3/c13-8(3-7-1-2-10-11-7)12-4-6(5-12)9(14)15/h1-2,6H,3-5H2,(H,10,11)(H,14,15). The Morgan fingerprint density at radius 3 is 2.87 bits per heavy atom. The van der Waals surface area contributed by atoms with Crippen LogP contribution in [0.25, 0.3) is 0 Å². The van der Waals surface area contributed by atoms with Gasteiger partial charge in [-0.3, -0.25) is 14.7 Å². The molecule has 80 valence electrons. The van der Waals surface area contributed by atoms with E-state index < -0.39 is 11.9 Å². The van der Waals surface area contributed by atoms with Crippen LogP contribution in [-0.4, -0.2) is 45.2 Å². The minimum Gasteiger partial charge on any atom is -0.481 e. The molecule has 0 aromatic carbocycles. The first kappa shape index (κ1) is 9.70. The van der Waals surface area contributed by atoms with E-state index in [1.54, 1.807) is 17.2 Å². The Hall–Kier alpha value is -1.85. The largest absolute Gasteiger partial charge is 0.481 e. The molecule has 15 heavy (non-hydrogen) atoms. The van der Waals surface area contributed by atoms with Gasteiger partial charge in [0.2, 0.25) is 5.91 Å². The van der Waals surface area contributed by atoms with Gasteiger partial charge in [0.05, 0.1) is 12.3 Å². The topological polar surface area (TPSA) is 86.3 Å². The zero-order valence-corrected chi connectivity index (χ0v) is 8.01. The SMILES string of the molecule is O=C(O)C1CN(C(=O)Cc2ccn[nH]2)C1. The normalized spacial score (nSPS) is 16.1. The van der Waals surface area contributed by atoms with Crippen LogP contribution in [0.4, 0.5) is 0 Å². The highest BCUT2D eigenvalue weighted by Crippen LogP contribution is 2.16. The fraction of sp³-hybridized carbons (Fsp3) is 0.444. The second-order valence-corrected chi connectivity index (χ2v) is 3.59. The van der Waals surface area contributed by atoms with Gasteiger partial charge in [-0.25, -0.2) is 0 Å². The predicted octanol–water partition coefficient (Wildman–Crippen LogP) is -0.505. The number of hydrogen-bond donors (Lipinski definition) is 2. The van der Waals surface area contributed by atoms with Crippen LogP contribution in [0.15, 0.2) is 12.3 Å². The van der Waals surface area contributed by atoms with Crippen LogP contribution in [0, 0.1) is 5.92 Å². The van der Waals surface area contributed by atoms with Crippen LogP contribution in [0.1, 0.15) is 5.69 Å². The molecule has 0 unspecified atom stereocenters. The van der Waals surface area contributed by atoms with E-state index in [4.69, 9.17) is 5.11 Å². The third kappa shape index (κ3) is 1.98. The molecule has 0 radical (unpaired) electrons. The first-order chi connectivity index (χ1) is 7.16. The quantitative estimate of drug-likeness (QED) is 0.702. The van der Waals surface area contributed by atoms with Crippen molar-refractivity contribution in [3.63, 3.8) is 0 Å². The highest BCUT2D eigenvalue weighted by Gasteiger charge is 2.35. The highest BCUT2D eigenvalue weighted by atomic mass is 16.4. The Morgan fingerprint density at radius 1 is 1.60 bits per heavy atom. The average molecular weight is 209 g/mol. The van der Waals surface area contributed by atoms with Crippen molar-refractivity contribution >= 4 is 11.9 Å². The summed E-state index contributed by atoms with van der Waals surface area (Å²) in [5, 5.41) is 15.1. The molecule has 6 heteroatoms. The molecular weight excluding hydrogens is 198 g/mol. The molecule has 0 spiro atoms. The summed E-state index contributed by atoms with van der Waals surface area (Å²) in [5.41, 5.74) is 0.749. The van der Waals surface area contributed by atoms with Gasteiger partial charge in [-0.15, -0.1) is 0 Å². The number of aromatic amines is 1. The Labute approximate surface area is 85.9 Å². The summed E-state index contributed by atoms with van der Waals surface area (Å²) in [6, 6.07) is 1.73. The maximum absolute atomic E-state index is 11.5.